The van der Waals surface area contributed by atoms with E-state index in [2.05, 4.69) is 21.9 Å². The quantitative estimate of drug-likeness (QED) is 0.864. The van der Waals surface area contributed by atoms with Crippen LogP contribution in [-0.2, 0) is 14.8 Å². The van der Waals surface area contributed by atoms with Gasteiger partial charge in [-0.05, 0) is 50.2 Å². The first kappa shape index (κ1) is 16.9. The molecule has 2 N–H and O–H groups in total. The standard InChI is InChI=1S/C15H23N3O3S/c1-11-3-6-13(7-4-11)18-22(20,21)10-15(19)17-14-8-5-12(2)9-16-14/h5,8-9,11,13,18H,3-4,6-7,10H2,1-2H3,(H,16,17,19). The molecule has 1 aliphatic rings. The summed E-state index contributed by atoms with van der Waals surface area (Å²) in [5.74, 6) is -0.142. The van der Waals surface area contributed by atoms with Crippen LogP contribution in [-0.4, -0.2) is 31.1 Å². The largest absolute Gasteiger partial charge is 0.310 e. The Kier molecular flexibility index (Phi) is 5.52. The van der Waals surface area contributed by atoms with Crippen LogP contribution in [0.15, 0.2) is 18.3 Å². The third-order valence-corrected chi connectivity index (χ3v) is 5.20. The Balaban J connectivity index is 1.85. The van der Waals surface area contributed by atoms with Crippen molar-refractivity contribution in [3.05, 3.63) is 23.9 Å². The lowest BCUT2D eigenvalue weighted by atomic mass is 9.88. The number of hydrogen-bond acceptors (Lipinski definition) is 4. The van der Waals surface area contributed by atoms with Gasteiger partial charge in [-0.25, -0.2) is 18.1 Å². The zero-order valence-corrected chi connectivity index (χ0v) is 13.8. The van der Waals surface area contributed by atoms with Crippen LogP contribution in [0.25, 0.3) is 0 Å². The minimum Gasteiger partial charge on any atom is -0.310 e. The van der Waals surface area contributed by atoms with Crippen LogP contribution in [0, 0.1) is 12.8 Å². The summed E-state index contributed by atoms with van der Waals surface area (Å²) in [5, 5.41) is 2.50. The molecule has 0 unspecified atom stereocenters. The number of sulfonamides is 1. The lowest BCUT2D eigenvalue weighted by molar-refractivity contribution is -0.113. The molecule has 1 aliphatic carbocycles. The predicted octanol–water partition coefficient (Wildman–Crippen LogP) is 1.83. The SMILES string of the molecule is Cc1ccc(NC(=O)CS(=O)(=O)NC2CCC(C)CC2)nc1. The molecule has 0 aliphatic heterocycles. The number of anilines is 1. The van der Waals surface area contributed by atoms with Crippen molar-refractivity contribution in [2.45, 2.75) is 45.6 Å². The number of nitrogens with zero attached hydrogens (tertiary/aromatic N) is 1. The summed E-state index contributed by atoms with van der Waals surface area (Å²) < 4.78 is 26.7. The molecule has 7 heteroatoms. The molecule has 0 atom stereocenters. The number of amides is 1. The van der Waals surface area contributed by atoms with Gasteiger partial charge in [0.05, 0.1) is 0 Å². The van der Waals surface area contributed by atoms with E-state index in [-0.39, 0.29) is 6.04 Å². The highest BCUT2D eigenvalue weighted by Gasteiger charge is 2.24. The maximum absolute atomic E-state index is 12.0. The summed E-state index contributed by atoms with van der Waals surface area (Å²) in [4.78, 5) is 15.9. The second kappa shape index (κ2) is 7.19. The summed E-state index contributed by atoms with van der Waals surface area (Å²) in [7, 11) is -3.62. The molecule has 2 rings (SSSR count). The molecule has 0 radical (unpaired) electrons. The summed E-state index contributed by atoms with van der Waals surface area (Å²) in [6, 6.07) is 3.40. The molecule has 1 aromatic rings. The number of hydrogen-bond donors (Lipinski definition) is 2. The molecule has 122 valence electrons. The van der Waals surface area contributed by atoms with E-state index in [0.717, 1.165) is 31.2 Å². The third kappa shape index (κ3) is 5.38. The van der Waals surface area contributed by atoms with E-state index in [0.29, 0.717) is 11.7 Å². The van der Waals surface area contributed by atoms with Gasteiger partial charge in [0.1, 0.15) is 11.6 Å². The monoisotopic (exact) mass is 325 g/mol. The minimum atomic E-state index is -3.62. The van der Waals surface area contributed by atoms with Crippen molar-refractivity contribution in [1.29, 1.82) is 0 Å². The van der Waals surface area contributed by atoms with Gasteiger partial charge in [0.2, 0.25) is 15.9 Å². The van der Waals surface area contributed by atoms with Gasteiger partial charge in [-0.15, -0.1) is 0 Å². The molecule has 1 amide bonds. The maximum atomic E-state index is 12.0. The number of pyridine rings is 1. The lowest BCUT2D eigenvalue weighted by Gasteiger charge is -2.26. The first-order chi connectivity index (χ1) is 10.3. The summed E-state index contributed by atoms with van der Waals surface area (Å²) in [6.07, 6.45) is 5.33. The van der Waals surface area contributed by atoms with Gasteiger partial charge in [0.25, 0.3) is 0 Å². The number of aromatic nitrogens is 1. The van der Waals surface area contributed by atoms with Gasteiger partial charge in [-0.2, -0.15) is 0 Å². The molecule has 1 aromatic heterocycles. The molecule has 22 heavy (non-hydrogen) atoms. The average molecular weight is 325 g/mol. The molecule has 1 saturated carbocycles. The first-order valence-corrected chi connectivity index (χ1v) is 9.22. The van der Waals surface area contributed by atoms with E-state index in [1.165, 1.54) is 0 Å². The molecule has 1 fully saturated rings. The summed E-state index contributed by atoms with van der Waals surface area (Å²) in [6.45, 7) is 4.06. The van der Waals surface area contributed by atoms with E-state index in [4.69, 9.17) is 0 Å². The van der Waals surface area contributed by atoms with Crippen molar-refractivity contribution in [2.24, 2.45) is 5.92 Å². The fourth-order valence-electron chi connectivity index (χ4n) is 2.57. The molecule has 6 nitrogen and oxygen atoms in total. The van der Waals surface area contributed by atoms with E-state index in [1.54, 1.807) is 18.3 Å². The Morgan fingerprint density at radius 2 is 1.95 bits per heavy atom. The lowest BCUT2D eigenvalue weighted by Crippen LogP contribution is -2.41. The fraction of sp³-hybridized carbons (Fsp3) is 0.600. The van der Waals surface area contributed by atoms with Crippen LogP contribution >= 0.6 is 0 Å². The number of rotatable bonds is 5. The minimum absolute atomic E-state index is 0.0495. The Hall–Kier alpha value is -1.47. The number of aryl methyl sites for hydroxylation is 1. The molecule has 0 bridgehead atoms. The number of nitrogens with one attached hydrogen (secondary N) is 2. The molecule has 1 heterocycles. The van der Waals surface area contributed by atoms with E-state index in [1.807, 2.05) is 6.92 Å². The Morgan fingerprint density at radius 3 is 2.55 bits per heavy atom. The van der Waals surface area contributed by atoms with Crippen molar-refractivity contribution >= 4 is 21.7 Å². The van der Waals surface area contributed by atoms with Gasteiger partial charge in [-0.3, -0.25) is 4.79 Å². The summed E-state index contributed by atoms with van der Waals surface area (Å²) >= 11 is 0. The second-order valence-corrected chi connectivity index (χ2v) is 7.86. The second-order valence-electron chi connectivity index (χ2n) is 6.10. The van der Waals surface area contributed by atoms with Gasteiger partial charge < -0.3 is 5.32 Å². The van der Waals surface area contributed by atoms with Crippen LogP contribution < -0.4 is 10.0 Å². The van der Waals surface area contributed by atoms with Crippen LogP contribution in [0.4, 0.5) is 5.82 Å². The number of carbonyl (C=O) groups excluding carboxylic acids is 1. The van der Waals surface area contributed by atoms with Gasteiger partial charge in [0, 0.05) is 12.2 Å². The van der Waals surface area contributed by atoms with Crippen molar-refractivity contribution in [3.8, 4) is 0 Å². The number of carbonyl (C=O) groups is 1. The zero-order chi connectivity index (χ0) is 16.2. The molecule has 0 spiro atoms. The topological polar surface area (TPSA) is 88.2 Å². The highest BCUT2D eigenvalue weighted by Crippen LogP contribution is 2.23. The predicted molar refractivity (Wildman–Crippen MR) is 85.9 cm³/mol. The van der Waals surface area contributed by atoms with Gasteiger partial charge >= 0.3 is 0 Å². The van der Waals surface area contributed by atoms with Gasteiger partial charge in [0.15, 0.2) is 0 Å². The van der Waals surface area contributed by atoms with Crippen LogP contribution in [0.5, 0.6) is 0 Å². The van der Waals surface area contributed by atoms with E-state index < -0.39 is 21.7 Å². The van der Waals surface area contributed by atoms with Crippen LogP contribution in [0.3, 0.4) is 0 Å². The zero-order valence-electron chi connectivity index (χ0n) is 13.0. The molecular formula is C15H23N3O3S. The van der Waals surface area contributed by atoms with Crippen LogP contribution in [0.1, 0.15) is 38.2 Å². The van der Waals surface area contributed by atoms with E-state index >= 15 is 0 Å². The Morgan fingerprint density at radius 1 is 1.27 bits per heavy atom. The molecule has 0 aromatic carbocycles. The van der Waals surface area contributed by atoms with Crippen molar-refractivity contribution in [2.75, 3.05) is 11.1 Å². The maximum Gasteiger partial charge on any atom is 0.242 e. The average Bonchev–Trinajstić information content (AvgIpc) is 2.43. The fourth-order valence-corrected chi connectivity index (χ4v) is 3.81. The first-order valence-electron chi connectivity index (χ1n) is 7.56. The van der Waals surface area contributed by atoms with Gasteiger partial charge in [-0.1, -0.05) is 13.0 Å². The normalized spacial score (nSPS) is 22.3. The molecule has 0 saturated heterocycles. The van der Waals surface area contributed by atoms with Crippen LogP contribution in [0.2, 0.25) is 0 Å². The molecular weight excluding hydrogens is 302 g/mol. The smallest absolute Gasteiger partial charge is 0.242 e. The highest BCUT2D eigenvalue weighted by molar-refractivity contribution is 7.90. The highest BCUT2D eigenvalue weighted by atomic mass is 32.2. The van der Waals surface area contributed by atoms with Crippen molar-refractivity contribution in [1.82, 2.24) is 9.71 Å². The Labute approximate surface area is 131 Å². The summed E-state index contributed by atoms with van der Waals surface area (Å²) in [5.41, 5.74) is 0.971. The van der Waals surface area contributed by atoms with Crippen molar-refractivity contribution < 1.29 is 13.2 Å². The van der Waals surface area contributed by atoms with E-state index in [9.17, 15) is 13.2 Å². The van der Waals surface area contributed by atoms with Crippen molar-refractivity contribution in [3.63, 3.8) is 0 Å². The Bertz CT molecular complexity index is 605. The third-order valence-electron chi connectivity index (χ3n) is 3.86.